The lowest BCUT2D eigenvalue weighted by molar-refractivity contribution is 0.0696. The molecule has 0 spiro atoms. The van der Waals surface area contributed by atoms with Crippen molar-refractivity contribution in [2.75, 3.05) is 29.0 Å². The minimum absolute atomic E-state index is 0.0461. The van der Waals surface area contributed by atoms with Crippen molar-refractivity contribution in [1.29, 1.82) is 0 Å². The third-order valence-electron chi connectivity index (χ3n) is 5.36. The Hall–Kier alpha value is -2.63. The zero-order valence-corrected chi connectivity index (χ0v) is 19.4. The highest BCUT2D eigenvalue weighted by Gasteiger charge is 2.26. The van der Waals surface area contributed by atoms with Crippen molar-refractivity contribution in [3.05, 3.63) is 47.5 Å². The number of benzene rings is 2. The number of aryl methyl sites for hydroxylation is 1. The molecule has 0 unspecified atom stereocenters. The van der Waals surface area contributed by atoms with E-state index in [4.69, 9.17) is 0 Å². The minimum atomic E-state index is -4.25. The Morgan fingerprint density at radius 2 is 1.88 bits per heavy atom. The molecule has 0 saturated carbocycles. The molecule has 1 aliphatic heterocycles. The second-order valence-corrected chi connectivity index (χ2v) is 11.4. The van der Waals surface area contributed by atoms with Crippen molar-refractivity contribution in [2.45, 2.75) is 42.1 Å². The predicted octanol–water partition coefficient (Wildman–Crippen LogP) is 2.11. The van der Waals surface area contributed by atoms with Crippen molar-refractivity contribution in [3.8, 4) is 0 Å². The summed E-state index contributed by atoms with van der Waals surface area (Å²) in [6.45, 7) is 2.60. The van der Waals surface area contributed by atoms with Gasteiger partial charge in [-0.25, -0.2) is 21.6 Å². The van der Waals surface area contributed by atoms with Gasteiger partial charge < -0.3 is 15.1 Å². The molecule has 0 amide bonds. The topological polar surface area (TPSA) is 141 Å². The average molecular weight is 483 g/mol. The molecular weight excluding hydrogens is 456 g/mol. The van der Waals surface area contributed by atoms with Gasteiger partial charge in [0.25, 0.3) is 10.0 Å². The fourth-order valence-electron chi connectivity index (χ4n) is 3.71. The van der Waals surface area contributed by atoms with Crippen LogP contribution in [0.3, 0.4) is 0 Å². The highest BCUT2D eigenvalue weighted by molar-refractivity contribution is 7.92. The lowest BCUT2D eigenvalue weighted by Crippen LogP contribution is -2.38. The number of carboxylic acid groups (broad SMARTS) is 1. The van der Waals surface area contributed by atoms with Gasteiger partial charge in [0.15, 0.2) is 9.84 Å². The van der Waals surface area contributed by atoms with Gasteiger partial charge >= 0.3 is 5.97 Å². The first kappa shape index (κ1) is 24.0. The van der Waals surface area contributed by atoms with E-state index in [9.17, 15) is 31.8 Å². The zero-order valence-electron chi connectivity index (χ0n) is 17.8. The molecule has 11 heteroatoms. The smallest absolute Gasteiger partial charge is 0.335 e. The van der Waals surface area contributed by atoms with Crippen LogP contribution in [0.25, 0.3) is 0 Å². The number of carboxylic acids is 1. The molecule has 1 fully saturated rings. The monoisotopic (exact) mass is 482 g/mol. The molecule has 0 aromatic heterocycles. The maximum Gasteiger partial charge on any atom is 0.335 e. The van der Waals surface area contributed by atoms with Crippen LogP contribution in [0.1, 0.15) is 35.7 Å². The van der Waals surface area contributed by atoms with Gasteiger partial charge in [-0.2, -0.15) is 0 Å². The van der Waals surface area contributed by atoms with E-state index in [-0.39, 0.29) is 27.6 Å². The van der Waals surface area contributed by atoms with Gasteiger partial charge in [-0.3, -0.25) is 4.72 Å². The highest BCUT2D eigenvalue weighted by atomic mass is 32.2. The van der Waals surface area contributed by atoms with Gasteiger partial charge in [0.1, 0.15) is 0 Å². The number of anilines is 2. The molecule has 32 heavy (non-hydrogen) atoms. The number of rotatable bonds is 7. The molecule has 1 atom stereocenters. The van der Waals surface area contributed by atoms with E-state index >= 15 is 0 Å². The fourth-order valence-corrected chi connectivity index (χ4v) is 5.76. The van der Waals surface area contributed by atoms with Crippen LogP contribution < -0.4 is 9.62 Å². The normalized spacial score (nSPS) is 17.2. The van der Waals surface area contributed by atoms with Gasteiger partial charge in [0.2, 0.25) is 0 Å². The van der Waals surface area contributed by atoms with Crippen LogP contribution in [-0.2, 0) is 26.3 Å². The number of aliphatic hydroxyl groups is 1. The molecule has 3 N–H and O–H groups in total. The predicted molar refractivity (Wildman–Crippen MR) is 121 cm³/mol. The first-order chi connectivity index (χ1) is 14.9. The van der Waals surface area contributed by atoms with Crippen molar-refractivity contribution in [1.82, 2.24) is 0 Å². The number of sulfone groups is 1. The van der Waals surface area contributed by atoms with Crippen LogP contribution in [0.2, 0.25) is 0 Å². The SMILES string of the molecule is CCc1ccc(C(=O)O)cc1S(=O)(=O)Nc1cc(S(C)(=O)=O)ccc1N1CCC[C@H](O)C1. The molecule has 3 rings (SSSR count). The average Bonchev–Trinajstić information content (AvgIpc) is 2.72. The van der Waals surface area contributed by atoms with Crippen LogP contribution in [0.5, 0.6) is 0 Å². The van der Waals surface area contributed by atoms with E-state index in [1.807, 2.05) is 0 Å². The Morgan fingerprint density at radius 3 is 2.47 bits per heavy atom. The molecular formula is C21H26N2O7S2. The van der Waals surface area contributed by atoms with Crippen molar-refractivity contribution in [3.63, 3.8) is 0 Å². The third kappa shape index (κ3) is 5.22. The lowest BCUT2D eigenvalue weighted by atomic mass is 10.1. The van der Waals surface area contributed by atoms with Gasteiger partial charge in [-0.1, -0.05) is 13.0 Å². The van der Waals surface area contributed by atoms with Gasteiger partial charge in [0, 0.05) is 19.3 Å². The fraction of sp³-hybridized carbons (Fsp3) is 0.381. The van der Waals surface area contributed by atoms with Crippen molar-refractivity contribution < 1.29 is 31.8 Å². The third-order valence-corrected chi connectivity index (χ3v) is 7.92. The summed E-state index contributed by atoms with van der Waals surface area (Å²) in [5.41, 5.74) is 0.737. The quantitative estimate of drug-likeness (QED) is 0.545. The molecule has 1 saturated heterocycles. The molecule has 0 bridgehead atoms. The van der Waals surface area contributed by atoms with E-state index < -0.39 is 31.9 Å². The van der Waals surface area contributed by atoms with Gasteiger partial charge in [-0.05, 0) is 55.2 Å². The molecule has 1 heterocycles. The summed E-state index contributed by atoms with van der Waals surface area (Å²) < 4.78 is 53.2. The molecule has 1 aliphatic rings. The summed E-state index contributed by atoms with van der Waals surface area (Å²) >= 11 is 0. The van der Waals surface area contributed by atoms with E-state index in [1.54, 1.807) is 11.8 Å². The minimum Gasteiger partial charge on any atom is -0.478 e. The van der Waals surface area contributed by atoms with Crippen LogP contribution in [0, 0.1) is 0 Å². The number of nitrogens with zero attached hydrogens (tertiary/aromatic N) is 1. The molecule has 2 aromatic carbocycles. The Morgan fingerprint density at radius 1 is 1.16 bits per heavy atom. The molecule has 9 nitrogen and oxygen atoms in total. The lowest BCUT2D eigenvalue weighted by Gasteiger charge is -2.33. The molecule has 0 aliphatic carbocycles. The van der Waals surface area contributed by atoms with E-state index in [2.05, 4.69) is 4.72 Å². The second-order valence-electron chi connectivity index (χ2n) is 7.78. The largest absolute Gasteiger partial charge is 0.478 e. The summed E-state index contributed by atoms with van der Waals surface area (Å²) in [4.78, 5) is 12.9. The van der Waals surface area contributed by atoms with Crippen molar-refractivity contribution >= 4 is 37.2 Å². The summed E-state index contributed by atoms with van der Waals surface area (Å²) in [5.74, 6) is -1.26. The number of piperidine rings is 1. The van der Waals surface area contributed by atoms with Gasteiger partial charge in [-0.15, -0.1) is 0 Å². The first-order valence-electron chi connectivity index (χ1n) is 10.1. The number of aliphatic hydroxyl groups excluding tert-OH is 1. The Labute approximate surface area is 187 Å². The highest BCUT2D eigenvalue weighted by Crippen LogP contribution is 2.33. The summed E-state index contributed by atoms with van der Waals surface area (Å²) in [7, 11) is -7.86. The van der Waals surface area contributed by atoms with Crippen LogP contribution in [0.4, 0.5) is 11.4 Å². The Balaban J connectivity index is 2.12. The number of hydrogen-bond donors (Lipinski definition) is 3. The maximum absolute atomic E-state index is 13.3. The Bertz CT molecular complexity index is 1240. The number of aromatic carboxylic acids is 1. The van der Waals surface area contributed by atoms with Crippen LogP contribution >= 0.6 is 0 Å². The van der Waals surface area contributed by atoms with E-state index in [1.165, 1.54) is 30.3 Å². The standard InChI is InChI=1S/C21H26N2O7S2/c1-3-14-6-7-15(21(25)26)11-20(14)32(29,30)22-18-12-17(31(2,27)28)8-9-19(18)23-10-4-5-16(24)13-23/h6-9,11-12,16,22,24H,3-5,10,13H2,1-2H3,(H,25,26)/t16-/m0/s1. The first-order valence-corrected chi connectivity index (χ1v) is 13.5. The maximum atomic E-state index is 13.3. The summed E-state index contributed by atoms with van der Waals surface area (Å²) in [6, 6.07) is 8.04. The van der Waals surface area contributed by atoms with Crippen LogP contribution in [-0.4, -0.2) is 58.5 Å². The van der Waals surface area contributed by atoms with E-state index in [0.29, 0.717) is 37.1 Å². The molecule has 2 aromatic rings. The molecule has 0 radical (unpaired) electrons. The second kappa shape index (κ2) is 9.08. The number of sulfonamides is 1. The van der Waals surface area contributed by atoms with E-state index in [0.717, 1.165) is 12.3 Å². The van der Waals surface area contributed by atoms with Gasteiger partial charge in [0.05, 0.1) is 32.8 Å². The van der Waals surface area contributed by atoms with Crippen LogP contribution in [0.15, 0.2) is 46.2 Å². The summed E-state index contributed by atoms with van der Waals surface area (Å²) in [5, 5.41) is 19.3. The number of nitrogens with one attached hydrogen (secondary N) is 1. The Kier molecular flexibility index (Phi) is 6.82. The van der Waals surface area contributed by atoms with Crippen molar-refractivity contribution in [2.24, 2.45) is 0 Å². The zero-order chi connectivity index (χ0) is 23.7. The molecule has 174 valence electrons. The number of β-amino-alcohol motifs (C(OH)–C–C–N with tert-alkyl or cyclic N) is 1. The number of hydrogen-bond acceptors (Lipinski definition) is 7. The number of carbonyl (C=O) groups is 1. The summed E-state index contributed by atoms with van der Waals surface area (Å²) in [6.07, 6.45) is 2.12.